The van der Waals surface area contributed by atoms with Gasteiger partial charge in [0.15, 0.2) is 5.82 Å². The third-order valence-electron chi connectivity index (χ3n) is 2.78. The lowest BCUT2D eigenvalue weighted by Gasteiger charge is -2.15. The predicted octanol–water partition coefficient (Wildman–Crippen LogP) is 2.06. The summed E-state index contributed by atoms with van der Waals surface area (Å²) in [6.45, 7) is -1.76. The van der Waals surface area contributed by atoms with Gasteiger partial charge in [-0.15, -0.1) is 0 Å². The highest BCUT2D eigenvalue weighted by molar-refractivity contribution is 5.36. The van der Waals surface area contributed by atoms with Gasteiger partial charge in [0.05, 0.1) is 0 Å². The summed E-state index contributed by atoms with van der Waals surface area (Å²) < 4.78 is 53.8. The van der Waals surface area contributed by atoms with Crippen molar-refractivity contribution in [2.45, 2.75) is 37.7 Å². The number of alkyl halides is 4. The molecule has 112 valence electrons. The Morgan fingerprint density at radius 1 is 1.40 bits per heavy atom. The van der Waals surface area contributed by atoms with Gasteiger partial charge in [0.1, 0.15) is 19.0 Å². The lowest BCUT2D eigenvalue weighted by Crippen LogP contribution is -2.32. The Hall–Kier alpha value is -1.48. The Balaban J connectivity index is 1.97. The Bertz CT molecular complexity index is 468. The Morgan fingerprint density at radius 3 is 2.65 bits per heavy atom. The lowest BCUT2D eigenvalue weighted by molar-refractivity contribution is -0.168. The third-order valence-corrected chi connectivity index (χ3v) is 2.78. The minimum absolute atomic E-state index is 0.132. The van der Waals surface area contributed by atoms with Gasteiger partial charge in [-0.05, 0) is 12.8 Å². The van der Waals surface area contributed by atoms with Gasteiger partial charge in [0.25, 0.3) is 0 Å². The first-order chi connectivity index (χ1) is 9.42. The van der Waals surface area contributed by atoms with Crippen LogP contribution < -0.4 is 11.3 Å². The maximum Gasteiger partial charge on any atom is 0.330 e. The molecular formula is C11H14F4N4O. The van der Waals surface area contributed by atoms with Crippen LogP contribution in [0.25, 0.3) is 0 Å². The summed E-state index contributed by atoms with van der Waals surface area (Å²) in [5, 5.41) is 0. The number of nitrogens with zero attached hydrogens (tertiary/aromatic N) is 2. The van der Waals surface area contributed by atoms with Gasteiger partial charge < -0.3 is 10.2 Å². The highest BCUT2D eigenvalue weighted by Crippen LogP contribution is 2.39. The molecule has 5 nitrogen and oxygen atoms in total. The van der Waals surface area contributed by atoms with Crippen molar-refractivity contribution in [3.63, 3.8) is 0 Å². The molecule has 1 aliphatic rings. The molecule has 0 bridgehead atoms. The van der Waals surface area contributed by atoms with Crippen LogP contribution in [0.5, 0.6) is 0 Å². The molecule has 0 amide bonds. The molecule has 0 unspecified atom stereocenters. The summed E-state index contributed by atoms with van der Waals surface area (Å²) in [5.74, 6) is 1.85. The number of aromatic nitrogens is 2. The molecule has 0 saturated heterocycles. The summed E-state index contributed by atoms with van der Waals surface area (Å²) in [6, 6.07) is 1.66. The Morgan fingerprint density at radius 2 is 2.10 bits per heavy atom. The molecule has 1 fully saturated rings. The predicted molar refractivity (Wildman–Crippen MR) is 62.4 cm³/mol. The molecule has 0 spiro atoms. The first kappa shape index (κ1) is 14.9. The normalized spacial score (nSPS) is 15.7. The number of nitrogens with two attached hydrogens (primary N) is 1. The fraction of sp³-hybridized carbons (Fsp3) is 0.636. The van der Waals surface area contributed by atoms with Gasteiger partial charge in [-0.1, -0.05) is 0 Å². The number of hydrazine groups is 1. The van der Waals surface area contributed by atoms with Crippen molar-refractivity contribution in [1.29, 1.82) is 0 Å². The van der Waals surface area contributed by atoms with E-state index in [1.54, 1.807) is 6.07 Å². The molecule has 3 N–H and O–H groups in total. The van der Waals surface area contributed by atoms with E-state index < -0.39 is 19.0 Å². The van der Waals surface area contributed by atoms with Crippen LogP contribution in [0.4, 0.5) is 23.4 Å². The highest BCUT2D eigenvalue weighted by atomic mass is 19.3. The van der Waals surface area contributed by atoms with E-state index in [0.29, 0.717) is 11.7 Å². The van der Waals surface area contributed by atoms with Crippen LogP contribution in [0.3, 0.4) is 0 Å². The second-order valence-electron chi connectivity index (χ2n) is 4.57. The van der Waals surface area contributed by atoms with E-state index in [4.69, 9.17) is 5.84 Å². The molecule has 1 aliphatic carbocycles. The van der Waals surface area contributed by atoms with Crippen LogP contribution in [0.15, 0.2) is 6.07 Å². The molecule has 1 aromatic rings. The van der Waals surface area contributed by atoms with E-state index in [0.717, 1.165) is 18.5 Å². The molecule has 0 aromatic carbocycles. The molecule has 1 saturated carbocycles. The van der Waals surface area contributed by atoms with E-state index in [2.05, 4.69) is 20.1 Å². The minimum Gasteiger partial charge on any atom is -0.367 e. The zero-order chi connectivity index (χ0) is 14.8. The number of anilines is 1. The fourth-order valence-corrected chi connectivity index (χ4v) is 1.59. The van der Waals surface area contributed by atoms with E-state index in [9.17, 15) is 17.6 Å². The van der Waals surface area contributed by atoms with Crippen molar-refractivity contribution in [1.82, 2.24) is 9.97 Å². The summed E-state index contributed by atoms with van der Waals surface area (Å²) in [7, 11) is 0. The summed E-state index contributed by atoms with van der Waals surface area (Å²) in [6.07, 6.45) is -1.78. The van der Waals surface area contributed by atoms with Crippen molar-refractivity contribution >= 4 is 5.82 Å². The molecule has 9 heteroatoms. The summed E-state index contributed by atoms with van der Waals surface area (Å²) in [5.41, 5.74) is 3.08. The number of rotatable bonds is 7. The average molecular weight is 294 g/mol. The van der Waals surface area contributed by atoms with Crippen molar-refractivity contribution < 1.29 is 22.3 Å². The van der Waals surface area contributed by atoms with Gasteiger partial charge in [0.2, 0.25) is 0 Å². The van der Waals surface area contributed by atoms with Crippen molar-refractivity contribution in [3.8, 4) is 0 Å². The molecule has 0 radical (unpaired) electrons. The number of hydrogen-bond donors (Lipinski definition) is 2. The van der Waals surface area contributed by atoms with Gasteiger partial charge in [-0.3, -0.25) is 0 Å². The van der Waals surface area contributed by atoms with Crippen LogP contribution in [0, 0.1) is 0 Å². The maximum absolute atomic E-state index is 12.7. The number of nitrogens with one attached hydrogen (secondary N) is 1. The second kappa shape index (κ2) is 5.88. The van der Waals surface area contributed by atoms with E-state index in [1.165, 1.54) is 0 Å². The molecule has 1 aromatic heterocycles. The van der Waals surface area contributed by atoms with Gasteiger partial charge in [0, 0.05) is 17.7 Å². The zero-order valence-corrected chi connectivity index (χ0v) is 10.5. The van der Waals surface area contributed by atoms with Crippen LogP contribution in [-0.2, 0) is 11.3 Å². The Labute approximate surface area is 112 Å². The van der Waals surface area contributed by atoms with Crippen molar-refractivity contribution in [3.05, 3.63) is 17.6 Å². The quantitative estimate of drug-likeness (QED) is 0.457. The minimum atomic E-state index is -4.18. The first-order valence-corrected chi connectivity index (χ1v) is 6.00. The van der Waals surface area contributed by atoms with Crippen LogP contribution in [-0.4, -0.2) is 28.9 Å². The largest absolute Gasteiger partial charge is 0.367 e. The van der Waals surface area contributed by atoms with Crippen LogP contribution in [0.2, 0.25) is 0 Å². The van der Waals surface area contributed by atoms with Gasteiger partial charge >= 0.3 is 12.3 Å². The van der Waals surface area contributed by atoms with Crippen LogP contribution >= 0.6 is 0 Å². The van der Waals surface area contributed by atoms with E-state index >= 15 is 0 Å². The third kappa shape index (κ3) is 3.76. The van der Waals surface area contributed by atoms with E-state index in [1.807, 2.05) is 0 Å². The van der Waals surface area contributed by atoms with E-state index in [-0.39, 0.29) is 12.4 Å². The smallest absolute Gasteiger partial charge is 0.330 e. The van der Waals surface area contributed by atoms with Gasteiger partial charge in [-0.2, -0.15) is 8.78 Å². The molecule has 20 heavy (non-hydrogen) atoms. The monoisotopic (exact) mass is 294 g/mol. The maximum atomic E-state index is 12.7. The Kier molecular flexibility index (Phi) is 4.39. The molecular weight excluding hydrogens is 280 g/mol. The van der Waals surface area contributed by atoms with Crippen LogP contribution in [0.1, 0.15) is 30.3 Å². The molecule has 0 aliphatic heterocycles. The second-order valence-corrected chi connectivity index (χ2v) is 4.57. The standard InChI is InChI=1S/C11H14F4N4O/c12-10(13)11(14,15)5-20-4-9-17-7(6-1-2-6)3-8(18-9)19-16/h3,6,10H,1-2,4-5,16H2,(H,17,18,19). The first-order valence-electron chi connectivity index (χ1n) is 6.00. The topological polar surface area (TPSA) is 73.1 Å². The fourth-order valence-electron chi connectivity index (χ4n) is 1.59. The number of hydrogen-bond acceptors (Lipinski definition) is 5. The zero-order valence-electron chi connectivity index (χ0n) is 10.5. The number of ether oxygens (including phenoxy) is 1. The molecule has 2 rings (SSSR count). The van der Waals surface area contributed by atoms with Crippen molar-refractivity contribution in [2.24, 2.45) is 5.84 Å². The molecule has 0 atom stereocenters. The average Bonchev–Trinajstić information content (AvgIpc) is 3.22. The summed E-state index contributed by atoms with van der Waals surface area (Å²) in [4.78, 5) is 8.07. The SMILES string of the molecule is NNc1cc(C2CC2)nc(COCC(F)(F)C(F)F)n1. The van der Waals surface area contributed by atoms with Crippen molar-refractivity contribution in [2.75, 3.05) is 12.0 Å². The number of nitrogen functional groups attached to an aromatic ring is 1. The lowest BCUT2D eigenvalue weighted by atomic mass is 10.2. The number of halogens is 4. The highest BCUT2D eigenvalue weighted by Gasteiger charge is 2.41. The van der Waals surface area contributed by atoms with Gasteiger partial charge in [-0.25, -0.2) is 24.6 Å². The molecule has 1 heterocycles. The summed E-state index contributed by atoms with van der Waals surface area (Å²) >= 11 is 0.